The van der Waals surface area contributed by atoms with E-state index in [1.165, 1.54) is 18.2 Å². The van der Waals surface area contributed by atoms with E-state index in [4.69, 9.17) is 9.84 Å². The van der Waals surface area contributed by atoms with Crippen molar-refractivity contribution in [3.63, 3.8) is 0 Å². The highest BCUT2D eigenvalue weighted by atomic mass is 19.1. The van der Waals surface area contributed by atoms with Crippen LogP contribution in [0.4, 0.5) is 9.18 Å². The molecule has 0 radical (unpaired) electrons. The second-order valence-electron chi connectivity index (χ2n) is 6.44. The molecule has 1 unspecified atom stereocenters. The zero-order chi connectivity index (χ0) is 20.3. The van der Waals surface area contributed by atoms with Crippen molar-refractivity contribution in [1.29, 1.82) is 0 Å². The van der Waals surface area contributed by atoms with Crippen LogP contribution in [0.15, 0.2) is 28.6 Å². The van der Waals surface area contributed by atoms with Crippen molar-refractivity contribution >= 4 is 24.3 Å². The molecule has 1 aliphatic carbocycles. The molecule has 0 saturated carbocycles. The van der Waals surface area contributed by atoms with Gasteiger partial charge in [0.1, 0.15) is 18.6 Å². The van der Waals surface area contributed by atoms with E-state index < -0.39 is 36.9 Å². The maximum Gasteiger partial charge on any atom is 0.414 e. The van der Waals surface area contributed by atoms with Gasteiger partial charge in [0.15, 0.2) is 6.61 Å². The number of aliphatic hydroxyl groups is 1. The number of allylic oxidation sites excluding steroid dienone is 4. The fraction of sp³-hybridized carbons (Fsp3) is 0.529. The highest BCUT2D eigenvalue weighted by Crippen LogP contribution is 2.29. The first-order valence-corrected chi connectivity index (χ1v) is 8.77. The average molecular weight is 396 g/mol. The largest absolute Gasteiger partial charge is 0.456 e. The molecule has 11 heteroatoms. The molecule has 0 spiro atoms. The highest BCUT2D eigenvalue weighted by molar-refractivity contribution is 5.81. The average Bonchev–Trinajstić information content (AvgIpc) is 3.07. The van der Waals surface area contributed by atoms with Gasteiger partial charge in [-0.25, -0.2) is 14.2 Å². The van der Waals surface area contributed by atoms with Crippen LogP contribution in [0.5, 0.6) is 0 Å². The van der Waals surface area contributed by atoms with E-state index in [9.17, 15) is 18.8 Å². The third-order valence-electron chi connectivity index (χ3n) is 4.48. The Balaban J connectivity index is 1.63. The Labute approximate surface area is 160 Å². The Kier molecular flexibility index (Phi) is 5.93. The molecule has 0 aromatic heterocycles. The van der Waals surface area contributed by atoms with Crippen molar-refractivity contribution in [3.05, 3.63) is 23.5 Å². The predicted octanol–water partition coefficient (Wildman–Crippen LogP) is -0.0403. The number of ether oxygens (including phenoxy) is 2. The third-order valence-corrected chi connectivity index (χ3v) is 4.48. The Hall–Kier alpha value is -2.95. The van der Waals surface area contributed by atoms with Crippen LogP contribution < -0.4 is 0 Å². The number of hydrazone groups is 1. The van der Waals surface area contributed by atoms with Crippen LogP contribution in [0.25, 0.3) is 0 Å². The molecule has 0 aromatic rings. The molecule has 2 heterocycles. The van der Waals surface area contributed by atoms with E-state index in [0.717, 1.165) is 5.01 Å². The summed E-state index contributed by atoms with van der Waals surface area (Å²) >= 11 is 0. The fourth-order valence-corrected chi connectivity index (χ4v) is 3.03. The second kappa shape index (κ2) is 8.38. The Morgan fingerprint density at radius 3 is 2.75 bits per heavy atom. The number of rotatable bonds is 5. The summed E-state index contributed by atoms with van der Waals surface area (Å²) in [6.45, 7) is 1.25. The lowest BCUT2D eigenvalue weighted by atomic mass is 10.0. The maximum absolute atomic E-state index is 14.7. The van der Waals surface area contributed by atoms with Crippen molar-refractivity contribution in [2.75, 3.05) is 32.8 Å². The van der Waals surface area contributed by atoms with Crippen LogP contribution in [0.1, 0.15) is 13.3 Å². The summed E-state index contributed by atoms with van der Waals surface area (Å²) in [5.74, 6) is -1.02. The SMILES string of the molecule is CC(=O)OCC(=O)N1CCN(C2=CC=C(N3C[C@H](CO)OC3=O)CC2F)C=N1. The predicted molar refractivity (Wildman–Crippen MR) is 93.3 cm³/mol. The number of aliphatic hydroxyl groups excluding tert-OH is 1. The Bertz CT molecular complexity index is 752. The van der Waals surface area contributed by atoms with Gasteiger partial charge in [0.25, 0.3) is 5.91 Å². The van der Waals surface area contributed by atoms with E-state index in [0.29, 0.717) is 17.9 Å². The summed E-state index contributed by atoms with van der Waals surface area (Å²) < 4.78 is 24.4. The van der Waals surface area contributed by atoms with Gasteiger partial charge in [0.05, 0.1) is 25.4 Å². The molecule has 1 N–H and O–H groups in total. The lowest BCUT2D eigenvalue weighted by Crippen LogP contribution is -2.43. The number of halogens is 1. The second-order valence-corrected chi connectivity index (χ2v) is 6.44. The van der Waals surface area contributed by atoms with E-state index in [1.54, 1.807) is 17.1 Å². The first-order valence-electron chi connectivity index (χ1n) is 8.77. The summed E-state index contributed by atoms with van der Waals surface area (Å²) in [6.07, 6.45) is 1.95. The number of carbonyl (C=O) groups is 3. The van der Waals surface area contributed by atoms with Gasteiger partial charge in [0.2, 0.25) is 0 Å². The molecule has 0 bridgehead atoms. The van der Waals surface area contributed by atoms with E-state index in [2.05, 4.69) is 9.84 Å². The fourth-order valence-electron chi connectivity index (χ4n) is 3.03. The molecule has 28 heavy (non-hydrogen) atoms. The van der Waals surface area contributed by atoms with Gasteiger partial charge < -0.3 is 19.5 Å². The van der Waals surface area contributed by atoms with Crippen LogP contribution in [-0.4, -0.2) is 89.3 Å². The molecule has 1 fully saturated rings. The molecule has 0 aromatic carbocycles. The molecular weight excluding hydrogens is 375 g/mol. The number of hydrogen-bond acceptors (Lipinski definition) is 8. The lowest BCUT2D eigenvalue weighted by molar-refractivity contribution is -0.150. The number of alkyl halides is 1. The van der Waals surface area contributed by atoms with Crippen LogP contribution in [0, 0.1) is 0 Å². The topological polar surface area (TPSA) is 112 Å². The minimum Gasteiger partial charge on any atom is -0.456 e. The smallest absolute Gasteiger partial charge is 0.414 e. The number of esters is 1. The van der Waals surface area contributed by atoms with Crippen LogP contribution in [0.2, 0.25) is 0 Å². The van der Waals surface area contributed by atoms with Crippen molar-refractivity contribution in [2.45, 2.75) is 25.6 Å². The highest BCUT2D eigenvalue weighted by Gasteiger charge is 2.36. The minimum atomic E-state index is -1.37. The molecule has 2 amide bonds. The van der Waals surface area contributed by atoms with Gasteiger partial charge in [-0.3, -0.25) is 14.5 Å². The quantitative estimate of drug-likeness (QED) is 0.649. The van der Waals surface area contributed by atoms with Gasteiger partial charge in [-0.1, -0.05) is 0 Å². The van der Waals surface area contributed by atoms with Crippen LogP contribution in [-0.2, 0) is 19.1 Å². The molecule has 152 valence electrons. The van der Waals surface area contributed by atoms with Gasteiger partial charge in [0, 0.05) is 25.6 Å². The standard InChI is InChI=1S/C17H21FN4O6/c1-11(24)27-9-16(25)22-5-4-20(10-19-22)15-3-2-12(6-14(15)18)21-7-13(8-23)28-17(21)26/h2-3,10,13-14,23H,4-9H2,1H3/t13-,14?/m1/s1. The van der Waals surface area contributed by atoms with Gasteiger partial charge in [-0.05, 0) is 12.2 Å². The molecule has 10 nitrogen and oxygen atoms in total. The molecule has 2 aliphatic heterocycles. The van der Waals surface area contributed by atoms with Crippen molar-refractivity contribution in [2.24, 2.45) is 5.10 Å². The van der Waals surface area contributed by atoms with Gasteiger partial charge in [-0.2, -0.15) is 5.10 Å². The summed E-state index contributed by atoms with van der Waals surface area (Å²) in [6, 6.07) is 0. The molecule has 3 aliphatic rings. The number of nitrogens with zero attached hydrogens (tertiary/aromatic N) is 4. The normalized spacial score (nSPS) is 24.7. The molecule has 3 rings (SSSR count). The van der Waals surface area contributed by atoms with Crippen molar-refractivity contribution in [3.8, 4) is 0 Å². The summed E-state index contributed by atoms with van der Waals surface area (Å²) in [4.78, 5) is 37.4. The van der Waals surface area contributed by atoms with E-state index >= 15 is 0 Å². The number of hydrogen-bond donors (Lipinski definition) is 1. The Morgan fingerprint density at radius 1 is 1.39 bits per heavy atom. The van der Waals surface area contributed by atoms with Crippen LogP contribution >= 0.6 is 0 Å². The molecular formula is C17H21FN4O6. The van der Waals surface area contributed by atoms with Gasteiger partial charge in [-0.15, -0.1) is 0 Å². The molecule has 1 saturated heterocycles. The van der Waals surface area contributed by atoms with Crippen LogP contribution in [0.3, 0.4) is 0 Å². The number of amides is 2. The first kappa shape index (κ1) is 19.8. The monoisotopic (exact) mass is 396 g/mol. The summed E-state index contributed by atoms with van der Waals surface area (Å²) in [5, 5.41) is 14.2. The third kappa shape index (κ3) is 4.30. The molecule has 2 atom stereocenters. The Morgan fingerprint density at radius 2 is 2.18 bits per heavy atom. The zero-order valence-electron chi connectivity index (χ0n) is 15.3. The first-order chi connectivity index (χ1) is 13.4. The number of carbonyl (C=O) groups excluding carboxylic acids is 3. The summed E-state index contributed by atoms with van der Waals surface area (Å²) in [7, 11) is 0. The lowest BCUT2D eigenvalue weighted by Gasteiger charge is -2.33. The van der Waals surface area contributed by atoms with Crippen molar-refractivity contribution in [1.82, 2.24) is 14.8 Å². The minimum absolute atomic E-state index is 0.0154. The van der Waals surface area contributed by atoms with Crippen molar-refractivity contribution < 1.29 is 33.4 Å². The van der Waals surface area contributed by atoms with Gasteiger partial charge >= 0.3 is 12.1 Å². The maximum atomic E-state index is 14.7. The summed E-state index contributed by atoms with van der Waals surface area (Å²) in [5.41, 5.74) is 0.843. The van der Waals surface area contributed by atoms with E-state index in [-0.39, 0.29) is 26.1 Å². The van der Waals surface area contributed by atoms with E-state index in [1.807, 2.05) is 0 Å². The zero-order valence-corrected chi connectivity index (χ0v) is 15.3. The number of cyclic esters (lactones) is 1.